The van der Waals surface area contributed by atoms with Crippen molar-refractivity contribution in [3.8, 4) is 0 Å². The van der Waals surface area contributed by atoms with E-state index in [2.05, 4.69) is 36.4 Å². The maximum absolute atomic E-state index is 5.67. The molecule has 1 heterocycles. The monoisotopic (exact) mass is 337 g/mol. The highest BCUT2D eigenvalue weighted by Crippen LogP contribution is 2.51. The normalized spacial score (nSPS) is 26.0. The number of methoxy groups -OCH3 is 1. The average Bonchev–Trinajstić information content (AvgIpc) is 3.08. The molecule has 1 aliphatic rings. The van der Waals surface area contributed by atoms with Crippen LogP contribution in [0.4, 0.5) is 0 Å². The Labute approximate surface area is 145 Å². The van der Waals surface area contributed by atoms with Gasteiger partial charge in [-0.2, -0.15) is 0 Å². The maximum Gasteiger partial charge on any atom is 0.191 e. The van der Waals surface area contributed by atoms with Gasteiger partial charge in [-0.05, 0) is 31.9 Å². The molecule has 2 unspecified atom stereocenters. The topological polar surface area (TPSA) is 68.0 Å². The number of hydrogen-bond donors (Lipinski definition) is 2. The largest absolute Gasteiger partial charge is 0.467 e. The first-order chi connectivity index (χ1) is 11.4. The van der Waals surface area contributed by atoms with Crippen LogP contribution in [0.3, 0.4) is 0 Å². The van der Waals surface area contributed by atoms with E-state index in [1.807, 2.05) is 12.1 Å². The zero-order valence-corrected chi connectivity index (χ0v) is 15.5. The summed E-state index contributed by atoms with van der Waals surface area (Å²) in [5.74, 6) is 1.69. The molecule has 2 atom stereocenters. The third-order valence-corrected chi connectivity index (χ3v) is 5.40. The average molecular weight is 337 g/mol. The summed E-state index contributed by atoms with van der Waals surface area (Å²) in [5.41, 5.74) is -0.0191. The maximum atomic E-state index is 5.67. The molecule has 24 heavy (non-hydrogen) atoms. The Balaban J connectivity index is 1.63. The molecule has 0 aromatic carbocycles. The van der Waals surface area contributed by atoms with Crippen molar-refractivity contribution in [3.63, 3.8) is 0 Å². The molecule has 136 valence electrons. The number of furan rings is 1. The summed E-state index contributed by atoms with van der Waals surface area (Å²) < 4.78 is 16.5. The summed E-state index contributed by atoms with van der Waals surface area (Å²) >= 11 is 0. The molecule has 1 aromatic rings. The first-order valence-electron chi connectivity index (χ1n) is 8.55. The summed E-state index contributed by atoms with van der Waals surface area (Å²) in [5, 5.41) is 6.84. The van der Waals surface area contributed by atoms with Crippen molar-refractivity contribution < 1.29 is 13.9 Å². The number of hydrogen-bond acceptors (Lipinski definition) is 4. The molecule has 1 fully saturated rings. The van der Waals surface area contributed by atoms with Gasteiger partial charge in [-0.15, -0.1) is 0 Å². The number of ether oxygens (including phenoxy) is 2. The summed E-state index contributed by atoms with van der Waals surface area (Å²) in [4.78, 5) is 4.31. The van der Waals surface area contributed by atoms with Crippen LogP contribution in [-0.2, 0) is 16.1 Å². The SMILES string of the molecule is CN=C(NCCCOCc1ccco1)NC1CC(C)(OC)C1(C)C. The Morgan fingerprint density at radius 2 is 2.21 bits per heavy atom. The lowest BCUT2D eigenvalue weighted by atomic mass is 9.56. The van der Waals surface area contributed by atoms with Crippen LogP contribution < -0.4 is 10.6 Å². The van der Waals surface area contributed by atoms with Crippen LogP contribution in [-0.4, -0.2) is 44.9 Å². The quantitative estimate of drug-likeness (QED) is 0.433. The van der Waals surface area contributed by atoms with Gasteiger partial charge < -0.3 is 24.5 Å². The summed E-state index contributed by atoms with van der Waals surface area (Å²) in [6.45, 7) is 8.64. The Morgan fingerprint density at radius 1 is 1.42 bits per heavy atom. The van der Waals surface area contributed by atoms with Crippen molar-refractivity contribution in [1.29, 1.82) is 0 Å². The second-order valence-corrected chi connectivity index (χ2v) is 7.04. The van der Waals surface area contributed by atoms with Crippen molar-refractivity contribution in [1.82, 2.24) is 10.6 Å². The predicted octanol–water partition coefficient (Wildman–Crippen LogP) is 2.55. The van der Waals surface area contributed by atoms with Gasteiger partial charge in [0.1, 0.15) is 12.4 Å². The zero-order chi connectivity index (χ0) is 17.6. The van der Waals surface area contributed by atoms with Gasteiger partial charge in [-0.3, -0.25) is 4.99 Å². The second kappa shape index (κ2) is 8.03. The highest BCUT2D eigenvalue weighted by Gasteiger charge is 2.57. The highest BCUT2D eigenvalue weighted by atomic mass is 16.5. The van der Waals surface area contributed by atoms with Gasteiger partial charge in [-0.1, -0.05) is 13.8 Å². The van der Waals surface area contributed by atoms with Gasteiger partial charge in [0.2, 0.25) is 0 Å². The van der Waals surface area contributed by atoms with Gasteiger partial charge in [0.25, 0.3) is 0 Å². The Hall–Kier alpha value is -1.53. The lowest BCUT2D eigenvalue weighted by Gasteiger charge is -2.59. The minimum Gasteiger partial charge on any atom is -0.467 e. The van der Waals surface area contributed by atoms with E-state index in [1.165, 1.54) is 0 Å². The molecule has 0 amide bonds. The Kier molecular flexibility index (Phi) is 6.29. The van der Waals surface area contributed by atoms with Crippen LogP contribution in [0.15, 0.2) is 27.8 Å². The third-order valence-electron chi connectivity index (χ3n) is 5.40. The van der Waals surface area contributed by atoms with E-state index in [4.69, 9.17) is 13.9 Å². The van der Waals surface area contributed by atoms with E-state index in [9.17, 15) is 0 Å². The zero-order valence-electron chi connectivity index (χ0n) is 15.5. The smallest absolute Gasteiger partial charge is 0.191 e. The van der Waals surface area contributed by atoms with E-state index in [-0.39, 0.29) is 11.0 Å². The molecule has 6 heteroatoms. The predicted molar refractivity (Wildman–Crippen MR) is 95.1 cm³/mol. The van der Waals surface area contributed by atoms with Crippen molar-refractivity contribution in [2.24, 2.45) is 10.4 Å². The van der Waals surface area contributed by atoms with Crippen LogP contribution in [0.1, 0.15) is 39.4 Å². The van der Waals surface area contributed by atoms with E-state index in [0.717, 1.165) is 31.1 Å². The van der Waals surface area contributed by atoms with Crippen molar-refractivity contribution in [2.45, 2.75) is 51.9 Å². The van der Waals surface area contributed by atoms with E-state index >= 15 is 0 Å². The summed E-state index contributed by atoms with van der Waals surface area (Å²) in [7, 11) is 3.58. The van der Waals surface area contributed by atoms with Gasteiger partial charge in [0.05, 0.1) is 11.9 Å². The van der Waals surface area contributed by atoms with Crippen LogP contribution in [0.2, 0.25) is 0 Å². The Morgan fingerprint density at radius 3 is 2.79 bits per heavy atom. The molecule has 0 spiro atoms. The van der Waals surface area contributed by atoms with Crippen LogP contribution in [0.5, 0.6) is 0 Å². The number of guanidine groups is 1. The van der Waals surface area contributed by atoms with Gasteiger partial charge in [0.15, 0.2) is 5.96 Å². The fraction of sp³-hybridized carbons (Fsp3) is 0.722. The van der Waals surface area contributed by atoms with Crippen LogP contribution in [0.25, 0.3) is 0 Å². The fourth-order valence-electron chi connectivity index (χ4n) is 3.03. The van der Waals surface area contributed by atoms with Crippen molar-refractivity contribution in [2.75, 3.05) is 27.3 Å². The lowest BCUT2D eigenvalue weighted by Crippen LogP contribution is -2.69. The molecule has 6 nitrogen and oxygen atoms in total. The molecular weight excluding hydrogens is 306 g/mol. The summed E-state index contributed by atoms with van der Waals surface area (Å²) in [6, 6.07) is 4.13. The molecule has 1 saturated carbocycles. The molecule has 1 aliphatic carbocycles. The number of rotatable bonds is 8. The molecular formula is C18H31N3O3. The van der Waals surface area contributed by atoms with Gasteiger partial charge in [0, 0.05) is 38.8 Å². The van der Waals surface area contributed by atoms with E-state index in [1.54, 1.807) is 20.4 Å². The molecule has 0 radical (unpaired) electrons. The van der Waals surface area contributed by atoms with Crippen molar-refractivity contribution in [3.05, 3.63) is 24.2 Å². The number of aliphatic imine (C=N–C) groups is 1. The Bertz CT molecular complexity index is 528. The lowest BCUT2D eigenvalue weighted by molar-refractivity contribution is -0.176. The third kappa shape index (κ3) is 4.11. The standard InChI is InChI=1S/C18H31N3O3/c1-17(2)15(12-18(17,3)22-5)21-16(19-4)20-9-7-10-23-13-14-8-6-11-24-14/h6,8,11,15H,7,9-10,12-13H2,1-5H3,(H2,19,20,21). The molecule has 2 rings (SSSR count). The molecule has 0 aliphatic heterocycles. The van der Waals surface area contributed by atoms with E-state index < -0.39 is 0 Å². The van der Waals surface area contributed by atoms with Gasteiger partial charge >= 0.3 is 0 Å². The number of nitrogens with zero attached hydrogens (tertiary/aromatic N) is 1. The molecule has 0 bridgehead atoms. The molecule has 0 saturated heterocycles. The van der Waals surface area contributed by atoms with Crippen LogP contribution >= 0.6 is 0 Å². The summed E-state index contributed by atoms with van der Waals surface area (Å²) in [6.07, 6.45) is 3.54. The minimum atomic E-state index is -0.0801. The molecule has 2 N–H and O–H groups in total. The minimum absolute atomic E-state index is 0.0610. The highest BCUT2D eigenvalue weighted by molar-refractivity contribution is 5.80. The van der Waals surface area contributed by atoms with Gasteiger partial charge in [-0.25, -0.2) is 0 Å². The van der Waals surface area contributed by atoms with Crippen molar-refractivity contribution >= 4 is 5.96 Å². The first kappa shape index (κ1) is 18.8. The fourth-order valence-corrected chi connectivity index (χ4v) is 3.03. The van der Waals surface area contributed by atoms with Crippen LogP contribution in [0, 0.1) is 5.41 Å². The van der Waals surface area contributed by atoms with E-state index in [0.29, 0.717) is 19.3 Å². The second-order valence-electron chi connectivity index (χ2n) is 7.04. The first-order valence-corrected chi connectivity index (χ1v) is 8.55. The number of nitrogens with one attached hydrogen (secondary N) is 2. The molecule has 1 aromatic heterocycles.